The molecule has 2 aromatic carbocycles. The van der Waals surface area contributed by atoms with Crippen molar-refractivity contribution in [2.24, 2.45) is 0 Å². The van der Waals surface area contributed by atoms with Crippen LogP contribution in [-0.2, 0) is 11.0 Å². The molecule has 0 saturated carbocycles. The zero-order chi connectivity index (χ0) is 20.2. The molecular weight excluding hydrogens is 361 g/mol. The highest BCUT2D eigenvalue weighted by Crippen LogP contribution is 2.34. The largest absolute Gasteiger partial charge is 0.494 e. The molecule has 8 heteroatoms. The highest BCUT2D eigenvalue weighted by molar-refractivity contribution is 6.07. The van der Waals surface area contributed by atoms with E-state index in [0.717, 1.165) is 23.8 Å². The van der Waals surface area contributed by atoms with Crippen molar-refractivity contribution in [2.75, 3.05) is 17.2 Å². The average Bonchev–Trinajstić information content (AvgIpc) is 2.57. The van der Waals surface area contributed by atoms with E-state index in [1.54, 1.807) is 19.1 Å². The standard InChI is InChI=1S/C19H19F3N2O3/c1-4-27-17-8-5-13(9-11(17)2)18(26)24-16-10-14(19(20,21)22)6-7-15(16)23-12(3)25/h5-10H,4H2,1-3H3,(H,23,25)(H,24,26). The van der Waals surface area contributed by atoms with Gasteiger partial charge in [0.1, 0.15) is 5.75 Å². The lowest BCUT2D eigenvalue weighted by atomic mass is 10.1. The van der Waals surface area contributed by atoms with Gasteiger partial charge in [0.15, 0.2) is 0 Å². The molecule has 0 fully saturated rings. The molecule has 2 rings (SSSR count). The number of rotatable bonds is 5. The topological polar surface area (TPSA) is 67.4 Å². The van der Waals surface area contributed by atoms with Gasteiger partial charge in [-0.3, -0.25) is 9.59 Å². The summed E-state index contributed by atoms with van der Waals surface area (Å²) in [7, 11) is 0. The highest BCUT2D eigenvalue weighted by atomic mass is 19.4. The van der Waals surface area contributed by atoms with Crippen LogP contribution in [0, 0.1) is 6.92 Å². The van der Waals surface area contributed by atoms with Gasteiger partial charge in [-0.2, -0.15) is 13.2 Å². The van der Waals surface area contributed by atoms with E-state index in [2.05, 4.69) is 10.6 Å². The summed E-state index contributed by atoms with van der Waals surface area (Å²) in [5.41, 5.74) is -0.0318. The van der Waals surface area contributed by atoms with Crippen LogP contribution in [0.1, 0.15) is 35.3 Å². The number of ether oxygens (including phenoxy) is 1. The molecule has 0 radical (unpaired) electrons. The number of hydrogen-bond donors (Lipinski definition) is 2. The van der Waals surface area contributed by atoms with Crippen molar-refractivity contribution >= 4 is 23.2 Å². The molecule has 0 heterocycles. The zero-order valence-corrected chi connectivity index (χ0v) is 15.0. The van der Waals surface area contributed by atoms with Crippen molar-refractivity contribution in [3.05, 3.63) is 53.1 Å². The van der Waals surface area contributed by atoms with Crippen LogP contribution in [0.15, 0.2) is 36.4 Å². The lowest BCUT2D eigenvalue weighted by Gasteiger charge is -2.15. The van der Waals surface area contributed by atoms with E-state index >= 15 is 0 Å². The van der Waals surface area contributed by atoms with E-state index < -0.39 is 23.6 Å². The van der Waals surface area contributed by atoms with Gasteiger partial charge in [0.25, 0.3) is 5.91 Å². The van der Waals surface area contributed by atoms with Gasteiger partial charge in [0, 0.05) is 12.5 Å². The number of aryl methyl sites for hydroxylation is 1. The molecule has 144 valence electrons. The van der Waals surface area contributed by atoms with Crippen molar-refractivity contribution in [1.29, 1.82) is 0 Å². The summed E-state index contributed by atoms with van der Waals surface area (Å²) in [5.74, 6) is -0.457. The van der Waals surface area contributed by atoms with Gasteiger partial charge < -0.3 is 15.4 Å². The maximum absolute atomic E-state index is 13.0. The summed E-state index contributed by atoms with van der Waals surface area (Å²) in [5, 5.41) is 4.83. The number of halogens is 3. The Labute approximate surface area is 154 Å². The first-order chi connectivity index (χ1) is 12.6. The van der Waals surface area contributed by atoms with Gasteiger partial charge >= 0.3 is 6.18 Å². The monoisotopic (exact) mass is 380 g/mol. The third-order valence-corrected chi connectivity index (χ3v) is 3.64. The molecular formula is C19H19F3N2O3. The third kappa shape index (κ3) is 5.22. The number of alkyl halides is 3. The SMILES string of the molecule is CCOc1ccc(C(=O)Nc2cc(C(F)(F)F)ccc2NC(C)=O)cc1C. The summed E-state index contributed by atoms with van der Waals surface area (Å²) in [6, 6.07) is 7.43. The van der Waals surface area contributed by atoms with Gasteiger partial charge in [-0.05, 0) is 55.8 Å². The molecule has 27 heavy (non-hydrogen) atoms. The minimum absolute atomic E-state index is 0.0755. The Morgan fingerprint density at radius 2 is 1.74 bits per heavy atom. The first-order valence-corrected chi connectivity index (χ1v) is 8.15. The molecule has 2 N–H and O–H groups in total. The van der Waals surface area contributed by atoms with Crippen LogP contribution in [0.4, 0.5) is 24.5 Å². The molecule has 2 amide bonds. The van der Waals surface area contributed by atoms with Crippen molar-refractivity contribution in [3.63, 3.8) is 0 Å². The number of carbonyl (C=O) groups is 2. The predicted molar refractivity (Wildman–Crippen MR) is 96.0 cm³/mol. The normalized spacial score (nSPS) is 11.0. The quantitative estimate of drug-likeness (QED) is 0.795. The summed E-state index contributed by atoms with van der Waals surface area (Å²) in [4.78, 5) is 23.8. The number of benzene rings is 2. The molecule has 0 aromatic heterocycles. The summed E-state index contributed by atoms with van der Waals surface area (Å²) in [6.45, 7) is 5.28. The second-order valence-corrected chi connectivity index (χ2v) is 5.81. The number of nitrogens with one attached hydrogen (secondary N) is 2. The van der Waals surface area contributed by atoms with Crippen LogP contribution in [-0.4, -0.2) is 18.4 Å². The molecule has 0 aliphatic rings. The molecule has 0 spiro atoms. The van der Waals surface area contributed by atoms with E-state index in [1.165, 1.54) is 13.0 Å². The number of carbonyl (C=O) groups excluding carboxylic acids is 2. The fourth-order valence-electron chi connectivity index (χ4n) is 2.43. The Kier molecular flexibility index (Phi) is 6.09. The summed E-state index contributed by atoms with van der Waals surface area (Å²) >= 11 is 0. The molecule has 0 bridgehead atoms. The van der Waals surface area contributed by atoms with E-state index in [9.17, 15) is 22.8 Å². The predicted octanol–water partition coefficient (Wildman–Crippen LogP) is 4.62. The van der Waals surface area contributed by atoms with Crippen LogP contribution in [0.3, 0.4) is 0 Å². The van der Waals surface area contributed by atoms with Gasteiger partial charge in [0.05, 0.1) is 23.5 Å². The van der Waals surface area contributed by atoms with E-state index in [4.69, 9.17) is 4.74 Å². The Bertz CT molecular complexity index is 864. The summed E-state index contributed by atoms with van der Waals surface area (Å²) in [6.07, 6.45) is -4.58. The van der Waals surface area contributed by atoms with Crippen molar-refractivity contribution in [2.45, 2.75) is 26.9 Å². The third-order valence-electron chi connectivity index (χ3n) is 3.64. The highest BCUT2D eigenvalue weighted by Gasteiger charge is 2.31. The second-order valence-electron chi connectivity index (χ2n) is 5.81. The molecule has 0 atom stereocenters. The first kappa shape index (κ1) is 20.3. The average molecular weight is 380 g/mol. The lowest BCUT2D eigenvalue weighted by Crippen LogP contribution is -2.16. The zero-order valence-electron chi connectivity index (χ0n) is 15.0. The van der Waals surface area contributed by atoms with E-state index in [0.29, 0.717) is 12.4 Å². The molecule has 0 aliphatic carbocycles. The van der Waals surface area contributed by atoms with Gasteiger partial charge in [-0.15, -0.1) is 0 Å². The van der Waals surface area contributed by atoms with E-state index in [-0.39, 0.29) is 16.9 Å². The van der Waals surface area contributed by atoms with Crippen molar-refractivity contribution in [1.82, 2.24) is 0 Å². The van der Waals surface area contributed by atoms with Crippen LogP contribution >= 0.6 is 0 Å². The maximum atomic E-state index is 13.0. The van der Waals surface area contributed by atoms with Crippen molar-refractivity contribution in [3.8, 4) is 5.75 Å². The second kappa shape index (κ2) is 8.11. The fourth-order valence-corrected chi connectivity index (χ4v) is 2.43. The Balaban J connectivity index is 2.34. The molecule has 0 saturated heterocycles. The Morgan fingerprint density at radius 1 is 1.04 bits per heavy atom. The Hall–Kier alpha value is -3.03. The van der Waals surface area contributed by atoms with Crippen LogP contribution in [0.5, 0.6) is 5.75 Å². The van der Waals surface area contributed by atoms with Crippen LogP contribution in [0.25, 0.3) is 0 Å². The molecule has 2 aromatic rings. The molecule has 5 nitrogen and oxygen atoms in total. The lowest BCUT2D eigenvalue weighted by molar-refractivity contribution is -0.137. The minimum Gasteiger partial charge on any atom is -0.494 e. The van der Waals surface area contributed by atoms with Crippen LogP contribution < -0.4 is 15.4 Å². The first-order valence-electron chi connectivity index (χ1n) is 8.15. The van der Waals surface area contributed by atoms with E-state index in [1.807, 2.05) is 6.92 Å². The van der Waals surface area contributed by atoms with Crippen molar-refractivity contribution < 1.29 is 27.5 Å². The van der Waals surface area contributed by atoms with Gasteiger partial charge in [0.2, 0.25) is 5.91 Å². The smallest absolute Gasteiger partial charge is 0.416 e. The number of hydrogen-bond acceptors (Lipinski definition) is 3. The Morgan fingerprint density at radius 3 is 2.30 bits per heavy atom. The molecule has 0 aliphatic heterocycles. The minimum atomic E-state index is -4.58. The fraction of sp³-hybridized carbons (Fsp3) is 0.263. The number of anilines is 2. The molecule has 0 unspecified atom stereocenters. The number of amides is 2. The van der Waals surface area contributed by atoms with Gasteiger partial charge in [-0.1, -0.05) is 0 Å². The maximum Gasteiger partial charge on any atom is 0.416 e. The van der Waals surface area contributed by atoms with Crippen LogP contribution in [0.2, 0.25) is 0 Å². The van der Waals surface area contributed by atoms with Gasteiger partial charge in [-0.25, -0.2) is 0 Å². The summed E-state index contributed by atoms with van der Waals surface area (Å²) < 4.78 is 44.3.